The molecular weight excluding hydrogens is 364 g/mol. The van der Waals surface area contributed by atoms with E-state index in [1.807, 2.05) is 18.2 Å². The Kier molecular flexibility index (Phi) is 4.59. The molecule has 27 heavy (non-hydrogen) atoms. The number of aromatic nitrogens is 2. The first kappa shape index (κ1) is 17.6. The molecule has 1 atom stereocenters. The number of fused-ring (bicyclic) bond motifs is 1. The Morgan fingerprint density at radius 2 is 1.85 bits per heavy atom. The summed E-state index contributed by atoms with van der Waals surface area (Å²) in [7, 11) is 0. The molecule has 0 bridgehead atoms. The molecular formula is C20H19ClN4O2. The van der Waals surface area contributed by atoms with Crippen molar-refractivity contribution >= 4 is 17.4 Å². The summed E-state index contributed by atoms with van der Waals surface area (Å²) >= 11 is 6.08. The van der Waals surface area contributed by atoms with Crippen LogP contribution in [0.5, 0.6) is 0 Å². The molecule has 1 aromatic heterocycles. The van der Waals surface area contributed by atoms with Crippen LogP contribution in [0.4, 0.5) is 5.82 Å². The van der Waals surface area contributed by atoms with Crippen molar-refractivity contribution in [2.45, 2.75) is 19.5 Å². The van der Waals surface area contributed by atoms with Crippen LogP contribution in [-0.4, -0.2) is 21.1 Å². The van der Waals surface area contributed by atoms with Gasteiger partial charge in [-0.2, -0.15) is 0 Å². The molecule has 0 radical (unpaired) electrons. The number of H-pyrrole nitrogens is 1. The van der Waals surface area contributed by atoms with Crippen molar-refractivity contribution in [3.8, 4) is 5.69 Å². The number of rotatable bonds is 3. The molecule has 0 spiro atoms. The Morgan fingerprint density at radius 3 is 2.59 bits per heavy atom. The average Bonchev–Trinajstić information content (AvgIpc) is 2.68. The molecule has 0 unspecified atom stereocenters. The summed E-state index contributed by atoms with van der Waals surface area (Å²) in [5.74, 6) is 0.516. The minimum absolute atomic E-state index is 0.123. The molecule has 6 nitrogen and oxygen atoms in total. The maximum atomic E-state index is 12.5. The van der Waals surface area contributed by atoms with Crippen molar-refractivity contribution in [1.82, 2.24) is 14.5 Å². The van der Waals surface area contributed by atoms with Crippen molar-refractivity contribution in [3.05, 3.63) is 91.6 Å². The topological polar surface area (TPSA) is 70.1 Å². The van der Waals surface area contributed by atoms with Crippen LogP contribution >= 0.6 is 11.6 Å². The highest BCUT2D eigenvalue weighted by atomic mass is 35.5. The van der Waals surface area contributed by atoms with Gasteiger partial charge in [-0.25, -0.2) is 9.36 Å². The molecule has 1 aliphatic heterocycles. The fourth-order valence-corrected chi connectivity index (χ4v) is 3.60. The second-order valence-electron chi connectivity index (χ2n) is 6.57. The number of hydrogen-bond acceptors (Lipinski definition) is 4. The second kappa shape index (κ2) is 7.06. The first-order chi connectivity index (χ1) is 13.0. The molecule has 138 valence electrons. The summed E-state index contributed by atoms with van der Waals surface area (Å²) in [5.41, 5.74) is 1.45. The Labute approximate surface area is 161 Å². The maximum absolute atomic E-state index is 12.5. The van der Waals surface area contributed by atoms with Crippen LogP contribution in [0.1, 0.15) is 24.1 Å². The molecule has 2 N–H and O–H groups in total. The summed E-state index contributed by atoms with van der Waals surface area (Å²) in [6.07, 6.45) is 0. The number of anilines is 1. The van der Waals surface area contributed by atoms with Crippen molar-refractivity contribution in [3.63, 3.8) is 0 Å². The van der Waals surface area contributed by atoms with E-state index >= 15 is 0 Å². The smallest absolute Gasteiger partial charge is 0.334 e. The first-order valence-electron chi connectivity index (χ1n) is 8.71. The van der Waals surface area contributed by atoms with Crippen molar-refractivity contribution in [2.75, 3.05) is 12.0 Å². The van der Waals surface area contributed by atoms with Gasteiger partial charge in [-0.3, -0.25) is 14.7 Å². The number of halogens is 1. The van der Waals surface area contributed by atoms with E-state index in [-0.39, 0.29) is 11.6 Å². The lowest BCUT2D eigenvalue weighted by Gasteiger charge is -2.35. The van der Waals surface area contributed by atoms with Gasteiger partial charge in [0.15, 0.2) is 0 Å². The molecule has 0 amide bonds. The van der Waals surface area contributed by atoms with Crippen LogP contribution in [-0.2, 0) is 6.54 Å². The maximum Gasteiger partial charge on any atom is 0.334 e. The van der Waals surface area contributed by atoms with Crippen LogP contribution in [0.25, 0.3) is 5.69 Å². The standard InChI is InChI=1S/C20H19ClN4O2/c1-13(14-6-3-2-4-7-14)24-11-17-18(22-12-24)25(20(27)23-19(17)26)16-9-5-8-15(21)10-16/h2-10,13,22H,11-12H2,1H3,(H,23,26,27)/t13-/m1/s1. The van der Waals surface area contributed by atoms with Gasteiger partial charge in [-0.15, -0.1) is 0 Å². The normalized spacial score (nSPS) is 15.0. The predicted molar refractivity (Wildman–Crippen MR) is 107 cm³/mol. The Balaban J connectivity index is 1.76. The van der Waals surface area contributed by atoms with Crippen molar-refractivity contribution in [1.29, 1.82) is 0 Å². The fourth-order valence-electron chi connectivity index (χ4n) is 3.42. The van der Waals surface area contributed by atoms with E-state index in [0.29, 0.717) is 35.3 Å². The fraction of sp³-hybridized carbons (Fsp3) is 0.200. The molecule has 0 saturated carbocycles. The van der Waals surface area contributed by atoms with Crippen LogP contribution < -0.4 is 16.6 Å². The van der Waals surface area contributed by atoms with Gasteiger partial charge >= 0.3 is 5.69 Å². The van der Waals surface area contributed by atoms with Crippen LogP contribution in [0.15, 0.2) is 64.2 Å². The number of nitrogens with zero attached hydrogens (tertiary/aromatic N) is 2. The lowest BCUT2D eigenvalue weighted by atomic mass is 10.1. The van der Waals surface area contributed by atoms with E-state index in [0.717, 1.165) is 0 Å². The van der Waals surface area contributed by atoms with E-state index < -0.39 is 5.69 Å². The van der Waals surface area contributed by atoms with Crippen LogP contribution in [0, 0.1) is 0 Å². The molecule has 3 aromatic rings. The third-order valence-corrected chi connectivity index (χ3v) is 5.15. The zero-order valence-electron chi connectivity index (χ0n) is 14.8. The zero-order chi connectivity index (χ0) is 19.0. The van der Waals surface area contributed by atoms with Gasteiger partial charge in [0.1, 0.15) is 5.82 Å². The van der Waals surface area contributed by atoms with Gasteiger partial charge in [0, 0.05) is 17.6 Å². The summed E-state index contributed by atoms with van der Waals surface area (Å²) in [4.78, 5) is 29.5. The molecule has 4 rings (SSSR count). The van der Waals surface area contributed by atoms with E-state index in [1.165, 1.54) is 10.1 Å². The van der Waals surface area contributed by atoms with Crippen LogP contribution in [0.2, 0.25) is 5.02 Å². The summed E-state index contributed by atoms with van der Waals surface area (Å²) in [6, 6.07) is 17.2. The van der Waals surface area contributed by atoms with E-state index in [1.54, 1.807) is 24.3 Å². The van der Waals surface area contributed by atoms with Gasteiger partial charge in [0.05, 0.1) is 17.9 Å². The summed E-state index contributed by atoms with van der Waals surface area (Å²) in [6.45, 7) is 3.06. The molecule has 2 heterocycles. The average molecular weight is 383 g/mol. The lowest BCUT2D eigenvalue weighted by molar-refractivity contribution is 0.207. The van der Waals surface area contributed by atoms with Gasteiger partial charge in [-0.05, 0) is 30.7 Å². The summed E-state index contributed by atoms with van der Waals surface area (Å²) < 4.78 is 1.47. The van der Waals surface area contributed by atoms with Gasteiger partial charge in [-0.1, -0.05) is 48.0 Å². The van der Waals surface area contributed by atoms with E-state index in [4.69, 9.17) is 11.6 Å². The monoisotopic (exact) mass is 382 g/mol. The molecule has 0 aliphatic carbocycles. The Morgan fingerprint density at radius 1 is 1.07 bits per heavy atom. The highest BCUT2D eigenvalue weighted by Gasteiger charge is 2.26. The van der Waals surface area contributed by atoms with Gasteiger partial charge in [0.2, 0.25) is 0 Å². The van der Waals surface area contributed by atoms with Crippen molar-refractivity contribution < 1.29 is 0 Å². The number of nitrogens with one attached hydrogen (secondary N) is 2. The third kappa shape index (κ3) is 3.29. The largest absolute Gasteiger partial charge is 0.358 e. The first-order valence-corrected chi connectivity index (χ1v) is 9.09. The van der Waals surface area contributed by atoms with E-state index in [2.05, 4.69) is 34.3 Å². The van der Waals surface area contributed by atoms with Crippen LogP contribution in [0.3, 0.4) is 0 Å². The SMILES string of the molecule is C[C@H](c1ccccc1)N1CNc2c(c(=O)[nH]c(=O)n2-c2cccc(Cl)c2)C1. The minimum atomic E-state index is -0.488. The Bertz CT molecular complexity index is 1090. The molecule has 2 aromatic carbocycles. The minimum Gasteiger partial charge on any atom is -0.358 e. The number of hydrogen-bond donors (Lipinski definition) is 2. The molecule has 0 fully saturated rings. The molecule has 7 heteroatoms. The van der Waals surface area contributed by atoms with Crippen molar-refractivity contribution in [2.24, 2.45) is 0 Å². The van der Waals surface area contributed by atoms with Gasteiger partial charge in [0.25, 0.3) is 5.56 Å². The summed E-state index contributed by atoms with van der Waals surface area (Å²) in [5, 5.41) is 3.78. The number of benzene rings is 2. The van der Waals surface area contributed by atoms with Gasteiger partial charge < -0.3 is 5.32 Å². The highest BCUT2D eigenvalue weighted by molar-refractivity contribution is 6.30. The zero-order valence-corrected chi connectivity index (χ0v) is 15.5. The molecule has 0 saturated heterocycles. The Hall–Kier alpha value is -2.83. The highest BCUT2D eigenvalue weighted by Crippen LogP contribution is 2.28. The predicted octanol–water partition coefficient (Wildman–Crippen LogP) is 3.13. The lowest BCUT2D eigenvalue weighted by Crippen LogP contribution is -2.43. The number of aromatic amines is 1. The second-order valence-corrected chi connectivity index (χ2v) is 7.01. The quantitative estimate of drug-likeness (QED) is 0.730. The van der Waals surface area contributed by atoms with E-state index in [9.17, 15) is 9.59 Å². The molecule has 1 aliphatic rings. The third-order valence-electron chi connectivity index (χ3n) is 4.91.